The lowest BCUT2D eigenvalue weighted by Gasteiger charge is -2.28. The van der Waals surface area contributed by atoms with Gasteiger partial charge in [0.2, 0.25) is 0 Å². The monoisotopic (exact) mass is 394 g/mol. The summed E-state index contributed by atoms with van der Waals surface area (Å²) >= 11 is 1.52. The second-order valence-corrected chi connectivity index (χ2v) is 9.55. The molecule has 0 bridgehead atoms. The molecule has 1 fully saturated rings. The van der Waals surface area contributed by atoms with Crippen LogP contribution in [0.15, 0.2) is 35.7 Å². The lowest BCUT2D eigenvalue weighted by atomic mass is 10.1. The van der Waals surface area contributed by atoms with Gasteiger partial charge in [-0.1, -0.05) is 0 Å². The summed E-state index contributed by atoms with van der Waals surface area (Å²) < 4.78 is 23.8. The normalized spacial score (nSPS) is 18.6. The molecule has 0 N–H and O–H groups in total. The number of sulfone groups is 1. The van der Waals surface area contributed by atoms with Crippen molar-refractivity contribution in [2.75, 3.05) is 11.5 Å². The van der Waals surface area contributed by atoms with E-state index < -0.39 is 14.8 Å². The molecular formula is C17H18N2O5S2. The predicted octanol–water partition coefficient (Wildman–Crippen LogP) is 2.79. The molecule has 0 radical (unpaired) electrons. The van der Waals surface area contributed by atoms with Crippen LogP contribution < -0.4 is 0 Å². The molecule has 138 valence electrons. The molecule has 1 aromatic heterocycles. The number of hydrogen-bond donors (Lipinski definition) is 0. The van der Waals surface area contributed by atoms with Crippen molar-refractivity contribution in [3.8, 4) is 0 Å². The lowest BCUT2D eigenvalue weighted by Crippen LogP contribution is -2.40. The number of thiophene rings is 1. The fourth-order valence-electron chi connectivity index (χ4n) is 3.00. The average Bonchev–Trinajstić information content (AvgIpc) is 3.17. The number of carbonyl (C=O) groups is 1. The van der Waals surface area contributed by atoms with E-state index in [1.165, 1.54) is 35.6 Å². The Morgan fingerprint density at radius 1 is 1.31 bits per heavy atom. The van der Waals surface area contributed by atoms with E-state index in [0.29, 0.717) is 18.5 Å². The Bertz CT molecular complexity index is 934. The summed E-state index contributed by atoms with van der Waals surface area (Å²) in [5, 5.41) is 12.7. The van der Waals surface area contributed by atoms with E-state index in [9.17, 15) is 23.3 Å². The maximum absolute atomic E-state index is 13.0. The molecule has 1 amide bonds. The topological polar surface area (TPSA) is 97.6 Å². The zero-order valence-electron chi connectivity index (χ0n) is 14.1. The minimum Gasteiger partial charge on any atom is -0.329 e. The fourth-order valence-corrected chi connectivity index (χ4v) is 5.63. The molecule has 9 heteroatoms. The Morgan fingerprint density at radius 3 is 2.50 bits per heavy atom. The van der Waals surface area contributed by atoms with Crippen molar-refractivity contribution in [2.24, 2.45) is 0 Å². The summed E-state index contributed by atoms with van der Waals surface area (Å²) in [4.78, 5) is 25.9. The van der Waals surface area contributed by atoms with Gasteiger partial charge in [0.05, 0.1) is 23.0 Å². The van der Waals surface area contributed by atoms with Crippen LogP contribution in [-0.4, -0.2) is 41.7 Å². The number of nitro groups is 1. The molecule has 0 spiro atoms. The number of benzene rings is 1. The Hall–Kier alpha value is -2.26. The third-order valence-corrected chi connectivity index (χ3v) is 7.28. The van der Waals surface area contributed by atoms with Crippen LogP contribution in [0.4, 0.5) is 5.69 Å². The van der Waals surface area contributed by atoms with Gasteiger partial charge >= 0.3 is 0 Å². The Labute approximate surface area is 155 Å². The third kappa shape index (κ3) is 3.94. The van der Waals surface area contributed by atoms with Crippen molar-refractivity contribution in [3.05, 3.63) is 61.8 Å². The number of carbonyl (C=O) groups excluding carboxylic acids is 1. The molecule has 1 aliphatic heterocycles. The van der Waals surface area contributed by atoms with E-state index in [1.807, 2.05) is 18.4 Å². The van der Waals surface area contributed by atoms with Crippen molar-refractivity contribution in [1.29, 1.82) is 0 Å². The van der Waals surface area contributed by atoms with Crippen LogP contribution in [0.3, 0.4) is 0 Å². The molecule has 0 aliphatic carbocycles. The van der Waals surface area contributed by atoms with Crippen LogP contribution in [0.5, 0.6) is 0 Å². The van der Waals surface area contributed by atoms with Crippen molar-refractivity contribution in [1.82, 2.24) is 4.90 Å². The second kappa shape index (κ2) is 7.16. The van der Waals surface area contributed by atoms with Gasteiger partial charge in [-0.05, 0) is 42.5 Å². The van der Waals surface area contributed by atoms with Gasteiger partial charge in [0, 0.05) is 28.6 Å². The molecule has 0 unspecified atom stereocenters. The quantitative estimate of drug-likeness (QED) is 0.574. The molecule has 0 saturated carbocycles. The van der Waals surface area contributed by atoms with Gasteiger partial charge in [-0.25, -0.2) is 8.42 Å². The van der Waals surface area contributed by atoms with Gasteiger partial charge < -0.3 is 4.90 Å². The number of hydrogen-bond acceptors (Lipinski definition) is 6. The van der Waals surface area contributed by atoms with E-state index in [0.717, 1.165) is 10.4 Å². The molecule has 1 atom stereocenters. The molecule has 1 saturated heterocycles. The van der Waals surface area contributed by atoms with Gasteiger partial charge in [-0.3, -0.25) is 14.9 Å². The Kier molecular flexibility index (Phi) is 5.10. The van der Waals surface area contributed by atoms with Gasteiger partial charge in [0.15, 0.2) is 9.84 Å². The summed E-state index contributed by atoms with van der Waals surface area (Å²) in [6.45, 7) is 2.28. The smallest absolute Gasteiger partial charge is 0.269 e. The first kappa shape index (κ1) is 18.5. The van der Waals surface area contributed by atoms with Gasteiger partial charge in [-0.15, -0.1) is 11.3 Å². The fraction of sp³-hybridized carbons (Fsp3) is 0.353. The summed E-state index contributed by atoms with van der Waals surface area (Å²) in [5.41, 5.74) is 1.28. The van der Waals surface area contributed by atoms with Crippen molar-refractivity contribution in [3.63, 3.8) is 0 Å². The SMILES string of the molecule is Cc1ccsc1CN(C(=O)c1ccc([N+](=O)[O-])cc1)[C@@H]1CCS(=O)(=O)C1. The van der Waals surface area contributed by atoms with Crippen molar-refractivity contribution < 1.29 is 18.1 Å². The number of aryl methyl sites for hydroxylation is 1. The minimum atomic E-state index is -3.14. The van der Waals surface area contributed by atoms with Crippen LogP contribution in [0.25, 0.3) is 0 Å². The van der Waals surface area contributed by atoms with Crippen LogP contribution in [-0.2, 0) is 16.4 Å². The molecule has 1 aliphatic rings. The number of rotatable bonds is 5. The van der Waals surface area contributed by atoms with Gasteiger partial charge in [0.25, 0.3) is 11.6 Å². The summed E-state index contributed by atoms with van der Waals surface area (Å²) in [7, 11) is -3.14. The highest BCUT2D eigenvalue weighted by molar-refractivity contribution is 7.91. The summed E-state index contributed by atoms with van der Waals surface area (Å²) in [6.07, 6.45) is 0.408. The first-order valence-electron chi connectivity index (χ1n) is 8.05. The van der Waals surface area contributed by atoms with Gasteiger partial charge in [0.1, 0.15) is 0 Å². The highest BCUT2D eigenvalue weighted by atomic mass is 32.2. The standard InChI is InChI=1S/C17H18N2O5S2/c1-12-6-8-25-16(12)10-18(15-7-9-26(23,24)11-15)17(20)13-2-4-14(5-3-13)19(21)22/h2-6,8,15H,7,9-11H2,1H3/t15-/m1/s1. The van der Waals surface area contributed by atoms with Crippen LogP contribution in [0.1, 0.15) is 27.2 Å². The highest BCUT2D eigenvalue weighted by Gasteiger charge is 2.35. The van der Waals surface area contributed by atoms with Crippen molar-refractivity contribution in [2.45, 2.75) is 25.9 Å². The number of nitrogens with zero attached hydrogens (tertiary/aromatic N) is 2. The van der Waals surface area contributed by atoms with E-state index >= 15 is 0 Å². The van der Waals surface area contributed by atoms with Crippen molar-refractivity contribution >= 4 is 32.8 Å². The maximum Gasteiger partial charge on any atom is 0.269 e. The van der Waals surface area contributed by atoms with Gasteiger partial charge in [-0.2, -0.15) is 0 Å². The number of non-ortho nitro benzene ring substituents is 1. The molecule has 26 heavy (non-hydrogen) atoms. The minimum absolute atomic E-state index is 0.0455. The zero-order valence-corrected chi connectivity index (χ0v) is 15.8. The first-order valence-corrected chi connectivity index (χ1v) is 10.8. The van der Waals surface area contributed by atoms with Crippen LogP contribution >= 0.6 is 11.3 Å². The lowest BCUT2D eigenvalue weighted by molar-refractivity contribution is -0.384. The zero-order chi connectivity index (χ0) is 18.9. The van der Waals surface area contributed by atoms with Crippen LogP contribution in [0, 0.1) is 17.0 Å². The highest BCUT2D eigenvalue weighted by Crippen LogP contribution is 2.26. The largest absolute Gasteiger partial charge is 0.329 e. The Balaban J connectivity index is 1.90. The summed E-state index contributed by atoms with van der Waals surface area (Å²) in [6, 6.07) is 6.97. The second-order valence-electron chi connectivity index (χ2n) is 6.32. The summed E-state index contributed by atoms with van der Waals surface area (Å²) in [5.74, 6) is -0.281. The predicted molar refractivity (Wildman–Crippen MR) is 99.1 cm³/mol. The van der Waals surface area contributed by atoms with E-state index in [-0.39, 0.29) is 29.1 Å². The molecule has 3 rings (SSSR count). The molecule has 2 aromatic rings. The van der Waals surface area contributed by atoms with E-state index in [2.05, 4.69) is 0 Å². The average molecular weight is 394 g/mol. The molecule has 2 heterocycles. The number of amides is 1. The van der Waals surface area contributed by atoms with E-state index in [1.54, 1.807) is 4.90 Å². The third-order valence-electron chi connectivity index (χ3n) is 4.52. The molecule has 1 aromatic carbocycles. The maximum atomic E-state index is 13.0. The van der Waals surface area contributed by atoms with Crippen LogP contribution in [0.2, 0.25) is 0 Å². The molecular weight excluding hydrogens is 376 g/mol. The molecule has 7 nitrogen and oxygen atoms in total. The number of nitro benzene ring substituents is 1. The first-order chi connectivity index (χ1) is 12.3. The Morgan fingerprint density at radius 2 is 2.00 bits per heavy atom. The van der Waals surface area contributed by atoms with E-state index in [4.69, 9.17) is 0 Å².